The highest BCUT2D eigenvalue weighted by Crippen LogP contribution is 2.55. The lowest BCUT2D eigenvalue weighted by Crippen LogP contribution is -2.43. The van der Waals surface area contributed by atoms with E-state index in [9.17, 15) is 24.0 Å². The Morgan fingerprint density at radius 1 is 1.03 bits per heavy atom. The molecule has 5 rings (SSSR count). The van der Waals surface area contributed by atoms with E-state index in [-0.39, 0.29) is 51.6 Å². The van der Waals surface area contributed by atoms with Crippen LogP contribution in [0.2, 0.25) is 5.02 Å². The number of anilines is 1. The molecule has 2 N–H and O–H groups in total. The lowest BCUT2D eigenvalue weighted by molar-refractivity contribution is -0.125. The third-order valence-corrected chi connectivity index (χ3v) is 7.32. The topological polar surface area (TPSA) is 122 Å². The molecular formula is C26H22ClN3O6. The van der Waals surface area contributed by atoms with Gasteiger partial charge in [-0.2, -0.15) is 0 Å². The normalized spacial score (nSPS) is 23.8. The molecule has 1 heterocycles. The number of carbonyl (C=O) groups excluding carboxylic acids is 5. The van der Waals surface area contributed by atoms with Gasteiger partial charge in [-0.1, -0.05) is 41.4 Å². The zero-order chi connectivity index (χ0) is 25.6. The Balaban J connectivity index is 1.19. The molecule has 1 saturated heterocycles. The van der Waals surface area contributed by atoms with Crippen molar-refractivity contribution in [3.63, 3.8) is 0 Å². The first kappa shape index (κ1) is 23.7. The van der Waals surface area contributed by atoms with Gasteiger partial charge in [0.2, 0.25) is 11.8 Å². The monoisotopic (exact) mass is 507 g/mol. The Morgan fingerprint density at radius 3 is 2.56 bits per heavy atom. The number of hydrogen-bond donors (Lipinski definition) is 2. The van der Waals surface area contributed by atoms with Gasteiger partial charge < -0.3 is 4.74 Å². The number of halogens is 1. The molecule has 2 fully saturated rings. The van der Waals surface area contributed by atoms with Crippen molar-refractivity contribution in [2.45, 2.75) is 13.3 Å². The molecule has 1 aliphatic heterocycles. The fraction of sp³-hybridized carbons (Fsp3) is 0.269. The van der Waals surface area contributed by atoms with E-state index in [1.54, 1.807) is 24.3 Å². The number of carbonyl (C=O) groups is 5. The second kappa shape index (κ2) is 9.23. The highest BCUT2D eigenvalue weighted by molar-refractivity contribution is 6.33. The largest absolute Gasteiger partial charge is 0.452 e. The van der Waals surface area contributed by atoms with Crippen LogP contribution in [0.15, 0.2) is 60.2 Å². The molecule has 184 valence electrons. The lowest BCUT2D eigenvalue weighted by atomic mass is 9.82. The Hall–Kier alpha value is -3.98. The van der Waals surface area contributed by atoms with Gasteiger partial charge in [-0.05, 0) is 55.5 Å². The second-order valence-corrected chi connectivity index (χ2v) is 9.50. The van der Waals surface area contributed by atoms with Gasteiger partial charge in [0.1, 0.15) is 0 Å². The van der Waals surface area contributed by atoms with Crippen molar-refractivity contribution in [3.8, 4) is 0 Å². The third kappa shape index (κ3) is 4.05. The van der Waals surface area contributed by atoms with Crippen LogP contribution in [0.3, 0.4) is 0 Å². The smallest absolute Gasteiger partial charge is 0.338 e. The predicted octanol–water partition coefficient (Wildman–Crippen LogP) is 2.66. The van der Waals surface area contributed by atoms with Crippen molar-refractivity contribution in [2.75, 3.05) is 11.5 Å². The molecule has 0 unspecified atom stereocenters. The number of benzene rings is 2. The average Bonchev–Trinajstić information content (AvgIpc) is 3.51. The number of fused-ring (bicyclic) bond motifs is 5. The summed E-state index contributed by atoms with van der Waals surface area (Å²) in [4.78, 5) is 64.1. The zero-order valence-electron chi connectivity index (χ0n) is 19.2. The van der Waals surface area contributed by atoms with E-state index >= 15 is 0 Å². The maximum absolute atomic E-state index is 13.1. The van der Waals surface area contributed by atoms with Crippen LogP contribution in [0.25, 0.3) is 0 Å². The predicted molar refractivity (Wildman–Crippen MR) is 129 cm³/mol. The molecule has 0 aromatic heterocycles. The summed E-state index contributed by atoms with van der Waals surface area (Å²) in [5.74, 6) is -3.25. The van der Waals surface area contributed by atoms with Crippen LogP contribution in [0.5, 0.6) is 0 Å². The number of nitrogens with one attached hydrogen (secondary N) is 2. The Labute approximate surface area is 211 Å². The van der Waals surface area contributed by atoms with E-state index in [0.717, 1.165) is 16.9 Å². The highest BCUT2D eigenvalue weighted by Gasteiger charge is 2.60. The molecule has 4 amide bonds. The lowest BCUT2D eigenvalue weighted by Gasteiger charge is -2.19. The molecule has 1 saturated carbocycles. The molecule has 2 bridgehead atoms. The standard InChI is InChI=1S/C26H22ClN3O6/c1-13-9-15-11-18(13)22-21(15)24(33)30(25(22)34)16-6-4-5-14(10-16)26(35)36-12-20(31)28-29-23(32)17-7-2-3-8-19(17)27/h2-10,15,18,21-22H,11-12H2,1H3,(H,28,31)(H,29,32)/t15-,18+,21+,22+/m0/s1. The molecule has 36 heavy (non-hydrogen) atoms. The van der Waals surface area contributed by atoms with Crippen molar-refractivity contribution in [1.29, 1.82) is 0 Å². The number of allylic oxidation sites excluding steroid dienone is 2. The quantitative estimate of drug-likeness (QED) is 0.278. The Morgan fingerprint density at radius 2 is 1.78 bits per heavy atom. The molecule has 2 aliphatic carbocycles. The minimum Gasteiger partial charge on any atom is -0.452 e. The van der Waals surface area contributed by atoms with Crippen molar-refractivity contribution >= 4 is 46.9 Å². The maximum atomic E-state index is 13.1. The highest BCUT2D eigenvalue weighted by atomic mass is 35.5. The van der Waals surface area contributed by atoms with Crippen molar-refractivity contribution < 1.29 is 28.7 Å². The number of esters is 1. The number of imide groups is 1. The summed E-state index contributed by atoms with van der Waals surface area (Å²) in [7, 11) is 0. The molecule has 0 spiro atoms. The first-order chi connectivity index (χ1) is 17.3. The molecule has 0 radical (unpaired) electrons. The van der Waals surface area contributed by atoms with E-state index in [0.29, 0.717) is 5.69 Å². The van der Waals surface area contributed by atoms with Gasteiger partial charge in [-0.15, -0.1) is 0 Å². The van der Waals surface area contributed by atoms with Crippen molar-refractivity contribution in [1.82, 2.24) is 10.9 Å². The zero-order valence-corrected chi connectivity index (χ0v) is 20.0. The van der Waals surface area contributed by atoms with Gasteiger partial charge in [0.15, 0.2) is 6.61 Å². The van der Waals surface area contributed by atoms with E-state index in [1.807, 2.05) is 6.92 Å². The van der Waals surface area contributed by atoms with Crippen LogP contribution in [0.1, 0.15) is 34.1 Å². The second-order valence-electron chi connectivity index (χ2n) is 9.09. The maximum Gasteiger partial charge on any atom is 0.338 e. The summed E-state index contributed by atoms with van der Waals surface area (Å²) in [6.07, 6.45) is 2.93. The molecular weight excluding hydrogens is 486 g/mol. The molecule has 2 aromatic rings. The van der Waals surface area contributed by atoms with E-state index in [1.165, 1.54) is 24.3 Å². The molecule has 4 atom stereocenters. The minimum atomic E-state index is -0.818. The number of nitrogens with zero attached hydrogens (tertiary/aromatic N) is 1. The first-order valence-electron chi connectivity index (χ1n) is 11.4. The van der Waals surface area contributed by atoms with Crippen LogP contribution >= 0.6 is 11.6 Å². The summed E-state index contributed by atoms with van der Waals surface area (Å²) in [6.45, 7) is 1.34. The average molecular weight is 508 g/mol. The van der Waals surface area contributed by atoms with Crippen LogP contribution in [0, 0.1) is 23.7 Å². The summed E-state index contributed by atoms with van der Waals surface area (Å²) < 4.78 is 5.03. The van der Waals surface area contributed by atoms with Gasteiger partial charge in [0, 0.05) is 0 Å². The van der Waals surface area contributed by atoms with Gasteiger partial charge in [-0.3, -0.25) is 30.0 Å². The number of hydrogen-bond acceptors (Lipinski definition) is 6. The van der Waals surface area contributed by atoms with Crippen molar-refractivity contribution in [2.24, 2.45) is 23.7 Å². The van der Waals surface area contributed by atoms with Crippen LogP contribution in [0.4, 0.5) is 5.69 Å². The number of ether oxygens (including phenoxy) is 1. The molecule has 10 heteroatoms. The van der Waals surface area contributed by atoms with E-state index < -0.39 is 24.4 Å². The Bertz CT molecular complexity index is 1340. The summed E-state index contributed by atoms with van der Waals surface area (Å²) in [5, 5.41) is 0.216. The van der Waals surface area contributed by atoms with Gasteiger partial charge >= 0.3 is 5.97 Å². The summed E-state index contributed by atoms with van der Waals surface area (Å²) in [6, 6.07) is 12.3. The summed E-state index contributed by atoms with van der Waals surface area (Å²) in [5.41, 5.74) is 6.04. The minimum absolute atomic E-state index is 0.0755. The first-order valence-corrected chi connectivity index (χ1v) is 11.8. The molecule has 2 aromatic carbocycles. The molecule has 3 aliphatic rings. The SMILES string of the molecule is CC1=C[C@H]2C[C@H]1[C@H]1C(=O)N(c3cccc(C(=O)OCC(=O)NNC(=O)c4ccccc4Cl)c3)C(=O)[C@@H]12. The van der Waals surface area contributed by atoms with E-state index in [2.05, 4.69) is 16.9 Å². The number of hydrazine groups is 1. The number of rotatable bonds is 5. The third-order valence-electron chi connectivity index (χ3n) is 6.99. The number of amides is 4. The van der Waals surface area contributed by atoms with Crippen LogP contribution in [-0.4, -0.2) is 36.2 Å². The molecule has 9 nitrogen and oxygen atoms in total. The van der Waals surface area contributed by atoms with Gasteiger partial charge in [0.05, 0.1) is 33.7 Å². The van der Waals surface area contributed by atoms with E-state index in [4.69, 9.17) is 16.3 Å². The fourth-order valence-electron chi connectivity index (χ4n) is 5.39. The van der Waals surface area contributed by atoms with Gasteiger partial charge in [-0.25, -0.2) is 9.69 Å². The Kier molecular flexibility index (Phi) is 6.09. The van der Waals surface area contributed by atoms with Crippen LogP contribution in [-0.2, 0) is 19.1 Å². The summed E-state index contributed by atoms with van der Waals surface area (Å²) >= 11 is 5.94. The van der Waals surface area contributed by atoms with Crippen molar-refractivity contribution in [3.05, 3.63) is 76.3 Å². The van der Waals surface area contributed by atoms with Crippen LogP contribution < -0.4 is 15.8 Å². The van der Waals surface area contributed by atoms with Gasteiger partial charge in [0.25, 0.3) is 11.8 Å². The fourth-order valence-corrected chi connectivity index (χ4v) is 5.61.